The predicted molar refractivity (Wildman–Crippen MR) is 106 cm³/mol. The van der Waals surface area contributed by atoms with E-state index in [2.05, 4.69) is 48.5 Å². The normalized spacial score (nSPS) is 24.2. The number of rotatable bonds is 3. The second-order valence-electron chi connectivity index (χ2n) is 8.86. The number of carbonyl (C=O) groups is 1. The predicted octanol–water partition coefficient (Wildman–Crippen LogP) is 2.95. The van der Waals surface area contributed by atoms with Crippen molar-refractivity contribution >= 4 is 17.2 Å². The van der Waals surface area contributed by atoms with Gasteiger partial charge in [-0.2, -0.15) is 0 Å². The Labute approximate surface area is 161 Å². The summed E-state index contributed by atoms with van der Waals surface area (Å²) in [5.41, 5.74) is -0.0181. The summed E-state index contributed by atoms with van der Waals surface area (Å²) in [6, 6.07) is 4.14. The highest BCUT2D eigenvalue weighted by atomic mass is 32.1. The lowest BCUT2D eigenvalue weighted by molar-refractivity contribution is -0.147. The molecule has 1 N–H and O–H groups in total. The molecule has 26 heavy (non-hydrogen) atoms. The average molecular weight is 375 g/mol. The largest absolute Gasteiger partial charge is 0.384 e. The quantitative estimate of drug-likeness (QED) is 0.828. The van der Waals surface area contributed by atoms with E-state index < -0.39 is 0 Å². The lowest BCUT2D eigenvalue weighted by Crippen LogP contribution is -2.52. The number of carbonyl (C=O) groups excluding carboxylic acids is 1. The van der Waals surface area contributed by atoms with Gasteiger partial charge >= 0.3 is 0 Å². The molecule has 5 heteroatoms. The fourth-order valence-electron chi connectivity index (χ4n) is 4.22. The van der Waals surface area contributed by atoms with Crippen molar-refractivity contribution in [2.24, 2.45) is 10.8 Å². The van der Waals surface area contributed by atoms with Crippen LogP contribution in [0.3, 0.4) is 0 Å². The van der Waals surface area contributed by atoms with Gasteiger partial charge in [-0.1, -0.05) is 32.6 Å². The first-order chi connectivity index (χ1) is 12.3. The molecule has 1 aromatic heterocycles. The van der Waals surface area contributed by atoms with Gasteiger partial charge in [0.15, 0.2) is 0 Å². The number of likely N-dealkylation sites (tertiary alicyclic amines) is 2. The highest BCUT2D eigenvalue weighted by Crippen LogP contribution is 2.41. The van der Waals surface area contributed by atoms with Gasteiger partial charge in [-0.25, -0.2) is 0 Å². The molecule has 0 bridgehead atoms. The highest BCUT2D eigenvalue weighted by molar-refractivity contribution is 7.12. The molecule has 2 saturated heterocycles. The Morgan fingerprint density at radius 2 is 2.08 bits per heavy atom. The smallest absolute Gasteiger partial charge is 0.230 e. The first-order valence-electron chi connectivity index (χ1n) is 9.52. The van der Waals surface area contributed by atoms with Gasteiger partial charge in [0.05, 0.1) is 10.3 Å². The van der Waals surface area contributed by atoms with Gasteiger partial charge in [-0.05, 0) is 43.4 Å². The molecule has 142 valence electrons. The fraction of sp³-hybridized carbons (Fsp3) is 0.667. The molecule has 2 aliphatic rings. The molecule has 0 saturated carbocycles. The molecule has 1 atom stereocenters. The molecule has 2 fully saturated rings. The molecular weight excluding hydrogens is 344 g/mol. The summed E-state index contributed by atoms with van der Waals surface area (Å²) in [4.78, 5) is 20.0. The zero-order chi connectivity index (χ0) is 18.8. The number of hydrogen-bond acceptors (Lipinski definition) is 4. The van der Waals surface area contributed by atoms with E-state index in [9.17, 15) is 4.79 Å². The van der Waals surface area contributed by atoms with Gasteiger partial charge in [-0.3, -0.25) is 9.69 Å². The number of aliphatic hydroxyl groups excluding tert-OH is 1. The van der Waals surface area contributed by atoms with Gasteiger partial charge in [0, 0.05) is 31.1 Å². The minimum absolute atomic E-state index is 0.102. The maximum Gasteiger partial charge on any atom is 0.230 e. The Kier molecular flexibility index (Phi) is 5.76. The standard InChI is InChI=1S/C21H30N2O2S/c1-20(2,3)15-23-11-5-9-21(19(23)25)10-12-22(16-21)14-18-8-7-17(26-18)6-4-13-24/h7-8,24H,5,9-16H2,1-3H3. The highest BCUT2D eigenvalue weighted by Gasteiger charge is 2.48. The summed E-state index contributed by atoms with van der Waals surface area (Å²) >= 11 is 1.68. The van der Waals surface area contributed by atoms with Crippen LogP contribution in [0.25, 0.3) is 0 Å². The van der Waals surface area contributed by atoms with Crippen LogP contribution in [-0.2, 0) is 11.3 Å². The summed E-state index contributed by atoms with van der Waals surface area (Å²) in [6.45, 7) is 11.0. The molecule has 0 aromatic carbocycles. The summed E-state index contributed by atoms with van der Waals surface area (Å²) in [7, 11) is 0. The summed E-state index contributed by atoms with van der Waals surface area (Å²) in [6.07, 6.45) is 3.13. The Bertz CT molecular complexity index is 710. The van der Waals surface area contributed by atoms with E-state index in [0.29, 0.717) is 5.91 Å². The van der Waals surface area contributed by atoms with Gasteiger partial charge < -0.3 is 10.0 Å². The number of amides is 1. The summed E-state index contributed by atoms with van der Waals surface area (Å²) in [5.74, 6) is 6.05. The van der Waals surface area contributed by atoms with Crippen LogP contribution in [0.5, 0.6) is 0 Å². The van der Waals surface area contributed by atoms with E-state index in [-0.39, 0.29) is 17.4 Å². The Morgan fingerprint density at radius 3 is 2.81 bits per heavy atom. The molecule has 1 aromatic rings. The lowest BCUT2D eigenvalue weighted by atomic mass is 9.77. The average Bonchev–Trinajstić information content (AvgIpc) is 3.17. The number of aliphatic hydroxyl groups is 1. The third-order valence-electron chi connectivity index (χ3n) is 5.25. The van der Waals surface area contributed by atoms with Crippen molar-refractivity contribution in [3.63, 3.8) is 0 Å². The van der Waals surface area contributed by atoms with Crippen LogP contribution < -0.4 is 0 Å². The van der Waals surface area contributed by atoms with Crippen molar-refractivity contribution in [3.8, 4) is 11.8 Å². The van der Waals surface area contributed by atoms with Crippen LogP contribution in [-0.4, -0.2) is 53.6 Å². The molecular formula is C21H30N2O2S. The molecule has 1 spiro atoms. The van der Waals surface area contributed by atoms with E-state index in [1.807, 2.05) is 6.07 Å². The maximum absolute atomic E-state index is 13.2. The third kappa shape index (κ3) is 4.49. The second-order valence-corrected chi connectivity index (χ2v) is 10.0. The van der Waals surface area contributed by atoms with E-state index in [4.69, 9.17) is 5.11 Å². The van der Waals surface area contributed by atoms with Crippen LogP contribution in [0.4, 0.5) is 0 Å². The van der Waals surface area contributed by atoms with Crippen molar-refractivity contribution in [2.75, 3.05) is 32.8 Å². The molecule has 4 nitrogen and oxygen atoms in total. The topological polar surface area (TPSA) is 43.8 Å². The number of piperidine rings is 1. The molecule has 3 heterocycles. The first-order valence-corrected chi connectivity index (χ1v) is 10.3. The van der Waals surface area contributed by atoms with Crippen molar-refractivity contribution < 1.29 is 9.90 Å². The molecule has 0 aliphatic carbocycles. The van der Waals surface area contributed by atoms with Crippen molar-refractivity contribution in [2.45, 2.75) is 46.6 Å². The van der Waals surface area contributed by atoms with Gasteiger partial charge in [0.1, 0.15) is 6.61 Å². The first kappa shape index (κ1) is 19.4. The van der Waals surface area contributed by atoms with E-state index in [0.717, 1.165) is 56.9 Å². The third-order valence-corrected chi connectivity index (χ3v) is 6.24. The summed E-state index contributed by atoms with van der Waals surface area (Å²) in [5, 5.41) is 8.81. The molecule has 2 aliphatic heterocycles. The molecule has 1 unspecified atom stereocenters. The van der Waals surface area contributed by atoms with Gasteiger partial charge in [0.25, 0.3) is 0 Å². The number of hydrogen-bond donors (Lipinski definition) is 1. The number of thiophene rings is 1. The van der Waals surface area contributed by atoms with Gasteiger partial charge in [-0.15, -0.1) is 11.3 Å². The Balaban J connectivity index is 1.63. The van der Waals surface area contributed by atoms with E-state index >= 15 is 0 Å². The van der Waals surface area contributed by atoms with Crippen LogP contribution in [0, 0.1) is 22.7 Å². The molecule has 1 amide bonds. The minimum Gasteiger partial charge on any atom is -0.384 e. The Hall–Kier alpha value is -1.35. The summed E-state index contributed by atoms with van der Waals surface area (Å²) < 4.78 is 0. The van der Waals surface area contributed by atoms with E-state index in [1.54, 1.807) is 11.3 Å². The van der Waals surface area contributed by atoms with Gasteiger partial charge in [0.2, 0.25) is 5.91 Å². The zero-order valence-corrected chi connectivity index (χ0v) is 17.0. The molecule has 0 radical (unpaired) electrons. The monoisotopic (exact) mass is 374 g/mol. The zero-order valence-electron chi connectivity index (χ0n) is 16.2. The molecule has 3 rings (SSSR count). The van der Waals surface area contributed by atoms with Crippen molar-refractivity contribution in [1.29, 1.82) is 0 Å². The van der Waals surface area contributed by atoms with Crippen molar-refractivity contribution in [3.05, 3.63) is 21.9 Å². The minimum atomic E-state index is -0.166. The van der Waals surface area contributed by atoms with Crippen LogP contribution in [0.1, 0.15) is 49.8 Å². The fourth-order valence-corrected chi connectivity index (χ4v) is 5.15. The maximum atomic E-state index is 13.2. The number of nitrogens with zero attached hydrogens (tertiary/aromatic N) is 2. The second kappa shape index (κ2) is 7.72. The Morgan fingerprint density at radius 1 is 1.27 bits per heavy atom. The van der Waals surface area contributed by atoms with E-state index in [1.165, 1.54) is 4.88 Å². The van der Waals surface area contributed by atoms with Crippen molar-refractivity contribution in [1.82, 2.24) is 9.80 Å². The van der Waals surface area contributed by atoms with Crippen LogP contribution >= 0.6 is 11.3 Å². The van der Waals surface area contributed by atoms with Crippen LogP contribution in [0.15, 0.2) is 12.1 Å². The SMILES string of the molecule is CC(C)(C)CN1CCCC2(CCN(Cc3ccc(C#CCO)s3)C2)C1=O. The lowest BCUT2D eigenvalue weighted by Gasteiger charge is -2.42. The van der Waals surface area contributed by atoms with Crippen LogP contribution in [0.2, 0.25) is 0 Å².